The van der Waals surface area contributed by atoms with Crippen LogP contribution in [0.1, 0.15) is 27.3 Å². The number of guanidine groups is 1. The summed E-state index contributed by atoms with van der Waals surface area (Å²) in [5.41, 5.74) is 2.26. The van der Waals surface area contributed by atoms with Crippen LogP contribution in [0.25, 0.3) is 0 Å². The van der Waals surface area contributed by atoms with Gasteiger partial charge in [-0.25, -0.2) is 4.39 Å². The van der Waals surface area contributed by atoms with Crippen LogP contribution in [0.2, 0.25) is 0 Å². The highest BCUT2D eigenvalue weighted by Gasteiger charge is 2.11. The minimum absolute atomic E-state index is 0.252. The molecule has 3 N–H and O–H groups in total. The number of carbonyl (C=O) groups is 1. The van der Waals surface area contributed by atoms with E-state index >= 15 is 0 Å². The summed E-state index contributed by atoms with van der Waals surface area (Å²) in [5.74, 6) is -0.0146. The van der Waals surface area contributed by atoms with Crippen molar-refractivity contribution in [1.29, 1.82) is 0 Å². The molecule has 0 unspecified atom stereocenters. The first-order valence-electron chi connectivity index (χ1n) is 7.98. The van der Waals surface area contributed by atoms with Gasteiger partial charge in [-0.15, -0.1) is 0 Å². The van der Waals surface area contributed by atoms with E-state index in [2.05, 4.69) is 30.9 Å². The SMILES string of the molecule is Cc1cnc(CNC(=O)c2ccc(F)c(CNC3=NCCN3)c2)cn1. The molecule has 0 spiro atoms. The van der Waals surface area contributed by atoms with Gasteiger partial charge in [-0.3, -0.25) is 19.8 Å². The van der Waals surface area contributed by atoms with Gasteiger partial charge in [0.1, 0.15) is 5.82 Å². The minimum Gasteiger partial charge on any atom is -0.355 e. The number of aliphatic imine (C=N–C) groups is 1. The first-order valence-corrected chi connectivity index (χ1v) is 7.98. The van der Waals surface area contributed by atoms with Crippen LogP contribution in [0.15, 0.2) is 35.6 Å². The second kappa shape index (κ2) is 7.69. The van der Waals surface area contributed by atoms with E-state index in [-0.39, 0.29) is 24.8 Å². The van der Waals surface area contributed by atoms with Crippen LogP contribution in [0.3, 0.4) is 0 Å². The summed E-state index contributed by atoms with van der Waals surface area (Å²) < 4.78 is 13.9. The third-order valence-electron chi connectivity index (χ3n) is 3.69. The smallest absolute Gasteiger partial charge is 0.251 e. The van der Waals surface area contributed by atoms with Crippen molar-refractivity contribution < 1.29 is 9.18 Å². The van der Waals surface area contributed by atoms with Crippen molar-refractivity contribution in [3.8, 4) is 0 Å². The van der Waals surface area contributed by atoms with Crippen LogP contribution < -0.4 is 16.0 Å². The van der Waals surface area contributed by atoms with E-state index in [0.717, 1.165) is 12.2 Å². The summed E-state index contributed by atoms with van der Waals surface area (Å²) in [5, 5.41) is 8.83. The molecule has 0 radical (unpaired) electrons. The van der Waals surface area contributed by atoms with Crippen LogP contribution in [0.4, 0.5) is 4.39 Å². The molecule has 2 aromatic rings. The molecule has 0 fully saturated rings. The number of hydrogen-bond donors (Lipinski definition) is 3. The standard InChI is InChI=1S/C17H19FN6O/c1-11-7-22-14(9-21-11)10-23-16(25)12-2-3-15(18)13(6-12)8-24-17-19-4-5-20-17/h2-3,6-7,9H,4-5,8,10H2,1H3,(H,23,25)(H2,19,20,24). The fourth-order valence-electron chi connectivity index (χ4n) is 2.33. The average molecular weight is 342 g/mol. The topological polar surface area (TPSA) is 91.3 Å². The van der Waals surface area contributed by atoms with E-state index < -0.39 is 0 Å². The van der Waals surface area contributed by atoms with E-state index in [9.17, 15) is 9.18 Å². The molecule has 7 nitrogen and oxygen atoms in total. The largest absolute Gasteiger partial charge is 0.355 e. The molecule has 0 aliphatic carbocycles. The fourth-order valence-corrected chi connectivity index (χ4v) is 2.33. The molecular weight excluding hydrogens is 323 g/mol. The Morgan fingerprint density at radius 1 is 1.28 bits per heavy atom. The molecule has 1 aromatic heterocycles. The molecule has 1 aliphatic heterocycles. The second-order valence-corrected chi connectivity index (χ2v) is 5.65. The summed E-state index contributed by atoms with van der Waals surface area (Å²) in [6.45, 7) is 3.83. The Kier molecular flexibility index (Phi) is 5.17. The number of halogens is 1. The predicted octanol–water partition coefficient (Wildman–Crippen LogP) is 0.903. The van der Waals surface area contributed by atoms with Crippen LogP contribution in [0.5, 0.6) is 0 Å². The van der Waals surface area contributed by atoms with Crippen LogP contribution in [-0.2, 0) is 13.1 Å². The van der Waals surface area contributed by atoms with Crippen LogP contribution >= 0.6 is 0 Å². The van der Waals surface area contributed by atoms with Crippen molar-refractivity contribution in [3.05, 3.63) is 58.9 Å². The molecular formula is C17H19FN6O. The number of aromatic nitrogens is 2. The zero-order valence-corrected chi connectivity index (χ0v) is 13.8. The van der Waals surface area contributed by atoms with Gasteiger partial charge < -0.3 is 16.0 Å². The number of rotatable bonds is 5. The van der Waals surface area contributed by atoms with Gasteiger partial charge in [-0.1, -0.05) is 0 Å². The highest BCUT2D eigenvalue weighted by molar-refractivity contribution is 5.94. The Bertz CT molecular complexity index is 790. The van der Waals surface area contributed by atoms with Crippen molar-refractivity contribution >= 4 is 11.9 Å². The van der Waals surface area contributed by atoms with Gasteiger partial charge in [0.2, 0.25) is 0 Å². The number of nitrogens with one attached hydrogen (secondary N) is 3. The van der Waals surface area contributed by atoms with Crippen molar-refractivity contribution in [2.75, 3.05) is 13.1 Å². The van der Waals surface area contributed by atoms with Crippen LogP contribution in [0, 0.1) is 12.7 Å². The van der Waals surface area contributed by atoms with Gasteiger partial charge in [0.15, 0.2) is 5.96 Å². The molecule has 0 saturated heterocycles. The van der Waals surface area contributed by atoms with Gasteiger partial charge in [0.05, 0.1) is 30.7 Å². The number of nitrogens with zero attached hydrogens (tertiary/aromatic N) is 3. The van der Waals surface area contributed by atoms with Gasteiger partial charge in [-0.05, 0) is 25.1 Å². The molecule has 0 bridgehead atoms. The molecule has 8 heteroatoms. The number of carbonyl (C=O) groups excluding carboxylic acids is 1. The normalized spacial score (nSPS) is 13.1. The lowest BCUT2D eigenvalue weighted by Crippen LogP contribution is -2.33. The van der Waals surface area contributed by atoms with E-state index in [1.54, 1.807) is 12.4 Å². The Morgan fingerprint density at radius 2 is 2.16 bits per heavy atom. The molecule has 2 heterocycles. The lowest BCUT2D eigenvalue weighted by molar-refractivity contribution is 0.0950. The molecule has 130 valence electrons. The van der Waals surface area contributed by atoms with Gasteiger partial charge in [0.25, 0.3) is 5.91 Å². The van der Waals surface area contributed by atoms with Gasteiger partial charge >= 0.3 is 0 Å². The maximum atomic E-state index is 13.9. The maximum absolute atomic E-state index is 13.9. The Labute approximate surface area is 144 Å². The molecule has 1 aromatic carbocycles. The third-order valence-corrected chi connectivity index (χ3v) is 3.69. The predicted molar refractivity (Wildman–Crippen MR) is 91.5 cm³/mol. The first-order chi connectivity index (χ1) is 12.1. The Balaban J connectivity index is 1.61. The van der Waals surface area contributed by atoms with Crippen molar-refractivity contribution in [1.82, 2.24) is 25.9 Å². The van der Waals surface area contributed by atoms with Crippen LogP contribution in [-0.4, -0.2) is 34.9 Å². The zero-order chi connectivity index (χ0) is 17.6. The van der Waals surface area contributed by atoms with Crippen molar-refractivity contribution in [3.63, 3.8) is 0 Å². The summed E-state index contributed by atoms with van der Waals surface area (Å²) in [6.07, 6.45) is 3.26. The number of benzene rings is 1. The lowest BCUT2D eigenvalue weighted by atomic mass is 10.1. The molecule has 1 aliphatic rings. The quantitative estimate of drug-likeness (QED) is 0.751. The summed E-state index contributed by atoms with van der Waals surface area (Å²) in [6, 6.07) is 4.29. The molecule has 1 amide bonds. The lowest BCUT2D eigenvalue weighted by Gasteiger charge is -2.10. The van der Waals surface area contributed by atoms with Crippen molar-refractivity contribution in [2.24, 2.45) is 4.99 Å². The van der Waals surface area contributed by atoms with E-state index in [0.29, 0.717) is 29.3 Å². The Morgan fingerprint density at radius 3 is 2.88 bits per heavy atom. The highest BCUT2D eigenvalue weighted by atomic mass is 19.1. The highest BCUT2D eigenvalue weighted by Crippen LogP contribution is 2.11. The molecule has 3 rings (SSSR count). The summed E-state index contributed by atoms with van der Waals surface area (Å²) in [7, 11) is 0. The molecule has 0 atom stereocenters. The Hall–Kier alpha value is -3.03. The third kappa shape index (κ3) is 4.50. The number of amides is 1. The zero-order valence-electron chi connectivity index (χ0n) is 13.8. The fraction of sp³-hybridized carbons (Fsp3) is 0.294. The molecule has 0 saturated carbocycles. The minimum atomic E-state index is -0.368. The second-order valence-electron chi connectivity index (χ2n) is 5.65. The first kappa shape index (κ1) is 16.8. The van der Waals surface area contributed by atoms with E-state index in [4.69, 9.17) is 0 Å². The molecule has 25 heavy (non-hydrogen) atoms. The number of hydrogen-bond acceptors (Lipinski definition) is 6. The monoisotopic (exact) mass is 342 g/mol. The summed E-state index contributed by atoms with van der Waals surface area (Å²) in [4.78, 5) is 24.8. The van der Waals surface area contributed by atoms with E-state index in [1.165, 1.54) is 18.2 Å². The van der Waals surface area contributed by atoms with Gasteiger partial charge in [-0.2, -0.15) is 0 Å². The van der Waals surface area contributed by atoms with Gasteiger partial charge in [0, 0.05) is 30.4 Å². The summed E-state index contributed by atoms with van der Waals surface area (Å²) >= 11 is 0. The number of aryl methyl sites for hydroxylation is 1. The van der Waals surface area contributed by atoms with Crippen molar-refractivity contribution in [2.45, 2.75) is 20.0 Å². The average Bonchev–Trinajstić information content (AvgIpc) is 3.14. The van der Waals surface area contributed by atoms with E-state index in [1.807, 2.05) is 6.92 Å². The maximum Gasteiger partial charge on any atom is 0.251 e.